The highest BCUT2D eigenvalue weighted by Crippen LogP contribution is 2.37. The maximum atomic E-state index is 12.2. The fraction of sp³-hybridized carbons (Fsp3) is 0.857. The molecule has 0 radical (unpaired) electrons. The molecular weight excluding hydrogens is 239 g/mol. The van der Waals surface area contributed by atoms with Gasteiger partial charge in [-0.2, -0.15) is 13.2 Å². The highest BCUT2D eigenvalue weighted by molar-refractivity contribution is 5.85. The lowest BCUT2D eigenvalue weighted by molar-refractivity contribution is -0.252. The first kappa shape index (κ1) is 14.5. The first-order valence-corrected chi connectivity index (χ1v) is 3.99. The zero-order valence-corrected chi connectivity index (χ0v) is 8.36. The number of aliphatic carboxylic acids is 1. The summed E-state index contributed by atoms with van der Waals surface area (Å²) in [6, 6.07) is -0.820. The third kappa shape index (κ3) is 3.22. The van der Waals surface area contributed by atoms with E-state index in [1.165, 1.54) is 0 Å². The number of hydrogen-bond donors (Lipinski definition) is 3. The molecule has 0 bridgehead atoms. The van der Waals surface area contributed by atoms with Crippen molar-refractivity contribution in [2.45, 2.75) is 30.7 Å². The van der Waals surface area contributed by atoms with E-state index in [0.29, 0.717) is 0 Å². The SMILES string of the molecule is Cl.O=C(O)CC1CC(O)(C(F)(F)F)CN1. The lowest BCUT2D eigenvalue weighted by Crippen LogP contribution is -2.46. The van der Waals surface area contributed by atoms with E-state index in [9.17, 15) is 18.0 Å². The third-order valence-electron chi connectivity index (χ3n) is 2.22. The average Bonchev–Trinajstić information content (AvgIpc) is 2.30. The second-order valence-corrected chi connectivity index (χ2v) is 3.41. The number of carboxylic acids is 1. The Bertz CT molecular complexity index is 248. The van der Waals surface area contributed by atoms with Gasteiger partial charge in [0.1, 0.15) is 0 Å². The fourth-order valence-electron chi connectivity index (χ4n) is 1.44. The summed E-state index contributed by atoms with van der Waals surface area (Å²) in [4.78, 5) is 10.2. The first-order chi connectivity index (χ1) is 6.24. The summed E-state index contributed by atoms with van der Waals surface area (Å²) >= 11 is 0. The van der Waals surface area contributed by atoms with Crippen molar-refractivity contribution < 1.29 is 28.2 Å². The molecule has 1 aliphatic heterocycles. The van der Waals surface area contributed by atoms with Gasteiger partial charge in [-0.15, -0.1) is 12.4 Å². The Labute approximate surface area is 89.9 Å². The quantitative estimate of drug-likeness (QED) is 0.668. The van der Waals surface area contributed by atoms with Crippen LogP contribution in [0.5, 0.6) is 0 Å². The molecule has 15 heavy (non-hydrogen) atoms. The molecule has 0 aliphatic carbocycles. The van der Waals surface area contributed by atoms with Crippen molar-refractivity contribution in [3.05, 3.63) is 0 Å². The monoisotopic (exact) mass is 249 g/mol. The van der Waals surface area contributed by atoms with Gasteiger partial charge in [-0.1, -0.05) is 0 Å². The Morgan fingerprint density at radius 3 is 2.40 bits per heavy atom. The van der Waals surface area contributed by atoms with Crippen molar-refractivity contribution in [3.63, 3.8) is 0 Å². The van der Waals surface area contributed by atoms with Crippen molar-refractivity contribution >= 4 is 18.4 Å². The van der Waals surface area contributed by atoms with Crippen molar-refractivity contribution in [3.8, 4) is 0 Å². The van der Waals surface area contributed by atoms with Crippen LogP contribution in [0.15, 0.2) is 0 Å². The van der Waals surface area contributed by atoms with E-state index in [4.69, 9.17) is 10.2 Å². The number of rotatable bonds is 2. The number of hydrogen-bond acceptors (Lipinski definition) is 3. The van der Waals surface area contributed by atoms with E-state index in [1.807, 2.05) is 0 Å². The van der Waals surface area contributed by atoms with Crippen LogP contribution < -0.4 is 5.32 Å². The van der Waals surface area contributed by atoms with E-state index in [0.717, 1.165) is 0 Å². The fourth-order valence-corrected chi connectivity index (χ4v) is 1.44. The minimum atomic E-state index is -4.72. The van der Waals surface area contributed by atoms with Crippen molar-refractivity contribution in [1.29, 1.82) is 0 Å². The number of halogens is 4. The molecule has 2 atom stereocenters. The molecule has 0 aromatic heterocycles. The lowest BCUT2D eigenvalue weighted by atomic mass is 9.98. The molecule has 1 rings (SSSR count). The molecule has 1 heterocycles. The number of alkyl halides is 3. The first-order valence-electron chi connectivity index (χ1n) is 3.99. The summed E-state index contributed by atoms with van der Waals surface area (Å²) in [6.45, 7) is -0.644. The molecule has 1 aliphatic rings. The van der Waals surface area contributed by atoms with E-state index >= 15 is 0 Å². The molecule has 2 unspecified atom stereocenters. The number of carboxylic acid groups (broad SMARTS) is 1. The summed E-state index contributed by atoms with van der Waals surface area (Å²) in [5.41, 5.74) is -2.78. The zero-order chi connectivity index (χ0) is 11.0. The van der Waals surface area contributed by atoms with Crippen LogP contribution in [-0.2, 0) is 4.79 Å². The molecule has 8 heteroatoms. The standard InChI is InChI=1S/C7H10F3NO3.ClH/c8-7(9,10)6(14)2-4(11-3-6)1-5(12)13;/h4,11,14H,1-3H2,(H,12,13);1H. The maximum absolute atomic E-state index is 12.2. The summed E-state index contributed by atoms with van der Waals surface area (Å²) in [5, 5.41) is 19.8. The predicted molar refractivity (Wildman–Crippen MR) is 46.9 cm³/mol. The summed E-state index contributed by atoms with van der Waals surface area (Å²) in [7, 11) is 0. The lowest BCUT2D eigenvalue weighted by Gasteiger charge is -2.24. The van der Waals surface area contributed by atoms with Crippen LogP contribution in [0.3, 0.4) is 0 Å². The van der Waals surface area contributed by atoms with E-state index in [2.05, 4.69) is 5.32 Å². The Hall–Kier alpha value is -0.530. The van der Waals surface area contributed by atoms with Gasteiger partial charge in [0, 0.05) is 19.0 Å². The number of nitrogens with one attached hydrogen (secondary N) is 1. The van der Waals surface area contributed by atoms with E-state index in [1.54, 1.807) is 0 Å². The third-order valence-corrected chi connectivity index (χ3v) is 2.22. The Morgan fingerprint density at radius 2 is 2.07 bits per heavy atom. The van der Waals surface area contributed by atoms with Crippen LogP contribution in [0.2, 0.25) is 0 Å². The molecule has 0 aromatic carbocycles. The van der Waals surface area contributed by atoms with Gasteiger partial charge in [0.15, 0.2) is 5.60 Å². The molecule has 1 fully saturated rings. The van der Waals surface area contributed by atoms with Gasteiger partial charge in [0.2, 0.25) is 0 Å². The van der Waals surface area contributed by atoms with Crippen LogP contribution in [0, 0.1) is 0 Å². The molecule has 0 aromatic rings. The molecule has 0 saturated carbocycles. The maximum Gasteiger partial charge on any atom is 0.418 e. The second kappa shape index (κ2) is 4.54. The second-order valence-electron chi connectivity index (χ2n) is 3.41. The summed E-state index contributed by atoms with van der Waals surface area (Å²) in [5.74, 6) is -1.19. The van der Waals surface area contributed by atoms with Gasteiger partial charge >= 0.3 is 12.1 Å². The minimum Gasteiger partial charge on any atom is -0.481 e. The van der Waals surface area contributed by atoms with Gasteiger partial charge in [-0.25, -0.2) is 0 Å². The Balaban J connectivity index is 0.00000196. The molecule has 0 amide bonds. The van der Waals surface area contributed by atoms with Crippen molar-refractivity contribution in [2.24, 2.45) is 0 Å². The summed E-state index contributed by atoms with van der Waals surface area (Å²) < 4.78 is 36.7. The van der Waals surface area contributed by atoms with Crippen LogP contribution in [0.1, 0.15) is 12.8 Å². The minimum absolute atomic E-state index is 0. The number of β-amino-alcohol motifs (C(OH)–C–C–N with tert-alkyl or cyclic N) is 1. The van der Waals surface area contributed by atoms with Gasteiger partial charge in [-0.3, -0.25) is 4.79 Å². The number of carbonyl (C=O) groups is 1. The van der Waals surface area contributed by atoms with Crippen molar-refractivity contribution in [2.75, 3.05) is 6.54 Å². The highest BCUT2D eigenvalue weighted by atomic mass is 35.5. The summed E-state index contributed by atoms with van der Waals surface area (Å²) in [6.07, 6.45) is -5.74. The molecule has 4 nitrogen and oxygen atoms in total. The normalized spacial score (nSPS) is 31.1. The van der Waals surface area contributed by atoms with Gasteiger partial charge < -0.3 is 15.5 Å². The van der Waals surface area contributed by atoms with Gasteiger partial charge in [-0.05, 0) is 0 Å². The predicted octanol–water partition coefficient (Wildman–Crippen LogP) is 0.538. The largest absolute Gasteiger partial charge is 0.481 e. The van der Waals surface area contributed by atoms with Crippen molar-refractivity contribution in [1.82, 2.24) is 5.32 Å². The molecular formula is C7H11ClF3NO3. The zero-order valence-electron chi connectivity index (χ0n) is 7.54. The molecule has 0 spiro atoms. The van der Waals surface area contributed by atoms with Crippen LogP contribution in [0.25, 0.3) is 0 Å². The molecule has 1 saturated heterocycles. The van der Waals surface area contributed by atoms with Crippen LogP contribution in [-0.4, -0.2) is 40.5 Å². The highest BCUT2D eigenvalue weighted by Gasteiger charge is 2.57. The van der Waals surface area contributed by atoms with E-state index < -0.39 is 43.2 Å². The topological polar surface area (TPSA) is 69.6 Å². The molecule has 90 valence electrons. The number of aliphatic hydroxyl groups is 1. The molecule has 3 N–H and O–H groups in total. The average molecular weight is 250 g/mol. The van der Waals surface area contributed by atoms with Gasteiger partial charge in [0.25, 0.3) is 0 Å². The van der Waals surface area contributed by atoms with E-state index in [-0.39, 0.29) is 12.4 Å². The van der Waals surface area contributed by atoms with Crippen LogP contribution in [0.4, 0.5) is 13.2 Å². The Kier molecular flexibility index (Phi) is 4.38. The Morgan fingerprint density at radius 1 is 1.53 bits per heavy atom. The van der Waals surface area contributed by atoms with Crippen LogP contribution >= 0.6 is 12.4 Å². The van der Waals surface area contributed by atoms with Gasteiger partial charge in [0.05, 0.1) is 6.42 Å². The smallest absolute Gasteiger partial charge is 0.418 e.